The van der Waals surface area contributed by atoms with Crippen molar-refractivity contribution in [2.24, 2.45) is 0 Å². The van der Waals surface area contributed by atoms with Crippen molar-refractivity contribution in [3.05, 3.63) is 0 Å². The van der Waals surface area contributed by atoms with Gasteiger partial charge < -0.3 is 10.4 Å². The Labute approximate surface area is 60.2 Å². The number of aliphatic hydroxyl groups excluding tert-OH is 1. The molecule has 0 aromatic carbocycles. The van der Waals surface area contributed by atoms with Crippen molar-refractivity contribution in [3.8, 4) is 0 Å². The van der Waals surface area contributed by atoms with E-state index in [0.717, 1.165) is 13.1 Å². The second-order valence-corrected chi connectivity index (χ2v) is 1.27. The zero-order valence-corrected chi connectivity index (χ0v) is 6.65. The van der Waals surface area contributed by atoms with Gasteiger partial charge in [0, 0.05) is 15.0 Å². The molecule has 0 rings (SSSR count). The molecule has 0 fully saturated rings. The molecule has 0 aliphatic carbocycles. The van der Waals surface area contributed by atoms with Gasteiger partial charge in [0.05, 0.1) is 0 Å². The summed E-state index contributed by atoms with van der Waals surface area (Å²) >= 11 is 0. The first-order valence-electron chi connectivity index (χ1n) is 3.14. The van der Waals surface area contributed by atoms with Crippen LogP contribution in [0.4, 0.5) is 0 Å². The lowest BCUT2D eigenvalue weighted by molar-refractivity contribution is 0.318. The highest BCUT2D eigenvalue weighted by molar-refractivity contribution is 5.75. The molecule has 0 heterocycles. The molecule has 3 heteroatoms. The Balaban J connectivity index is -0.0000000800. The van der Waals surface area contributed by atoms with E-state index in [9.17, 15) is 0 Å². The van der Waals surface area contributed by atoms with E-state index in [1.165, 1.54) is 0 Å². The van der Waals surface area contributed by atoms with Gasteiger partial charge in [0.25, 0.3) is 0 Å². The van der Waals surface area contributed by atoms with E-state index in [-0.39, 0.29) is 15.0 Å². The van der Waals surface area contributed by atoms with Crippen LogP contribution in [0, 0.1) is 0 Å². The van der Waals surface area contributed by atoms with Gasteiger partial charge in [-0.3, -0.25) is 0 Å². The van der Waals surface area contributed by atoms with Crippen LogP contribution in [0.15, 0.2) is 0 Å². The molecule has 0 saturated heterocycles. The van der Waals surface area contributed by atoms with Crippen molar-refractivity contribution >= 4 is 8.41 Å². The summed E-state index contributed by atoms with van der Waals surface area (Å²) in [6.07, 6.45) is 0. The van der Waals surface area contributed by atoms with Crippen LogP contribution in [0.1, 0.15) is 20.8 Å². The largest absolute Gasteiger partial charge is 0.397 e. The SMILES string of the molecule is CCNCC.CCO.[B]. The molecule has 0 saturated carbocycles. The Hall–Kier alpha value is -0.0151. The van der Waals surface area contributed by atoms with Gasteiger partial charge in [-0.25, -0.2) is 0 Å². The standard InChI is InChI=1S/C4H11N.C2H6O.B/c1-3-5-4-2;1-2-3;/h5H,3-4H2,1-2H3;3H,2H2,1H3;. The molecule has 55 valence electrons. The molecule has 0 aromatic heterocycles. The normalized spacial score (nSPS) is 6.67. The number of hydrogen-bond donors (Lipinski definition) is 2. The second kappa shape index (κ2) is 24.5. The summed E-state index contributed by atoms with van der Waals surface area (Å²) in [6, 6.07) is 0. The molecule has 0 aliphatic heterocycles. The predicted octanol–water partition coefficient (Wildman–Crippen LogP) is 0.234. The average molecular weight is 130 g/mol. The Kier molecular flexibility index (Phi) is 43.6. The van der Waals surface area contributed by atoms with Crippen molar-refractivity contribution in [1.29, 1.82) is 0 Å². The lowest BCUT2D eigenvalue weighted by Crippen LogP contribution is -2.09. The average Bonchev–Trinajstić information content (AvgIpc) is 1.71. The van der Waals surface area contributed by atoms with Gasteiger partial charge in [-0.15, -0.1) is 0 Å². The van der Waals surface area contributed by atoms with Crippen molar-refractivity contribution in [1.82, 2.24) is 5.32 Å². The van der Waals surface area contributed by atoms with Crippen LogP contribution in [0.25, 0.3) is 0 Å². The zero-order valence-electron chi connectivity index (χ0n) is 6.65. The van der Waals surface area contributed by atoms with Crippen molar-refractivity contribution in [2.45, 2.75) is 20.8 Å². The molecule has 9 heavy (non-hydrogen) atoms. The third-order valence-electron chi connectivity index (χ3n) is 0.500. The zero-order chi connectivity index (χ0) is 6.83. The summed E-state index contributed by atoms with van der Waals surface area (Å²) < 4.78 is 0. The summed E-state index contributed by atoms with van der Waals surface area (Å²) in [7, 11) is 0. The van der Waals surface area contributed by atoms with Gasteiger partial charge in [-0.1, -0.05) is 13.8 Å². The molecule has 2 N–H and O–H groups in total. The molecular formula is C6H17BNO. The van der Waals surface area contributed by atoms with E-state index in [1.807, 2.05) is 0 Å². The molecule has 0 unspecified atom stereocenters. The molecule has 0 atom stereocenters. The molecule has 0 aliphatic rings. The van der Waals surface area contributed by atoms with Crippen molar-refractivity contribution in [2.75, 3.05) is 19.7 Å². The van der Waals surface area contributed by atoms with Gasteiger partial charge >= 0.3 is 0 Å². The summed E-state index contributed by atoms with van der Waals surface area (Å²) in [5.74, 6) is 0. The lowest BCUT2D eigenvalue weighted by Gasteiger charge is -1.86. The third kappa shape index (κ3) is 72.6. The summed E-state index contributed by atoms with van der Waals surface area (Å²) in [6.45, 7) is 8.32. The number of rotatable bonds is 2. The first kappa shape index (κ1) is 16.0. The third-order valence-corrected chi connectivity index (χ3v) is 0.500. The molecule has 3 radical (unpaired) electrons. The molecule has 0 bridgehead atoms. The Morgan fingerprint density at radius 3 is 1.33 bits per heavy atom. The Morgan fingerprint density at radius 1 is 1.11 bits per heavy atom. The molecule has 0 aromatic rings. The van der Waals surface area contributed by atoms with Crippen LogP contribution in [0.5, 0.6) is 0 Å². The fraction of sp³-hybridized carbons (Fsp3) is 1.00. The summed E-state index contributed by atoms with van der Waals surface area (Å²) in [5.41, 5.74) is 0. The topological polar surface area (TPSA) is 32.3 Å². The van der Waals surface area contributed by atoms with Crippen LogP contribution >= 0.6 is 0 Å². The van der Waals surface area contributed by atoms with Crippen LogP contribution in [0.3, 0.4) is 0 Å². The van der Waals surface area contributed by atoms with Crippen molar-refractivity contribution < 1.29 is 5.11 Å². The van der Waals surface area contributed by atoms with Gasteiger partial charge in [0.2, 0.25) is 0 Å². The van der Waals surface area contributed by atoms with E-state index in [0.29, 0.717) is 0 Å². The maximum atomic E-state index is 7.57. The maximum absolute atomic E-state index is 7.57. The molecular weight excluding hydrogens is 113 g/mol. The highest BCUT2D eigenvalue weighted by Gasteiger charge is 1.62. The first-order chi connectivity index (χ1) is 3.83. The maximum Gasteiger partial charge on any atom is 0.0402 e. The number of nitrogens with one attached hydrogen (secondary N) is 1. The van der Waals surface area contributed by atoms with Gasteiger partial charge in [0.15, 0.2) is 0 Å². The highest BCUT2D eigenvalue weighted by Crippen LogP contribution is 1.47. The Morgan fingerprint density at radius 2 is 1.33 bits per heavy atom. The first-order valence-corrected chi connectivity index (χ1v) is 3.14. The van der Waals surface area contributed by atoms with E-state index in [2.05, 4.69) is 19.2 Å². The Bertz CT molecular complexity index is 27.0. The quantitative estimate of drug-likeness (QED) is 0.524. The minimum atomic E-state index is 0. The van der Waals surface area contributed by atoms with E-state index >= 15 is 0 Å². The van der Waals surface area contributed by atoms with Crippen molar-refractivity contribution in [3.63, 3.8) is 0 Å². The summed E-state index contributed by atoms with van der Waals surface area (Å²) in [4.78, 5) is 0. The fourth-order valence-corrected chi connectivity index (χ4v) is 0.250. The highest BCUT2D eigenvalue weighted by atomic mass is 16.2. The minimum absolute atomic E-state index is 0. The molecule has 0 amide bonds. The molecule has 2 nitrogen and oxygen atoms in total. The van der Waals surface area contributed by atoms with E-state index in [4.69, 9.17) is 5.11 Å². The van der Waals surface area contributed by atoms with Gasteiger partial charge in [0.1, 0.15) is 0 Å². The van der Waals surface area contributed by atoms with Crippen LogP contribution < -0.4 is 5.32 Å². The van der Waals surface area contributed by atoms with Crippen LogP contribution in [-0.4, -0.2) is 33.2 Å². The second-order valence-electron chi connectivity index (χ2n) is 1.27. The number of hydrogen-bond acceptors (Lipinski definition) is 2. The van der Waals surface area contributed by atoms with Gasteiger partial charge in [-0.2, -0.15) is 0 Å². The fourth-order valence-electron chi connectivity index (χ4n) is 0.250. The predicted molar refractivity (Wildman–Crippen MR) is 42.7 cm³/mol. The van der Waals surface area contributed by atoms with Crippen LogP contribution in [-0.2, 0) is 0 Å². The minimum Gasteiger partial charge on any atom is -0.397 e. The van der Waals surface area contributed by atoms with Crippen LogP contribution in [0.2, 0.25) is 0 Å². The summed E-state index contributed by atoms with van der Waals surface area (Å²) in [5, 5.41) is 10.7. The van der Waals surface area contributed by atoms with E-state index < -0.39 is 0 Å². The van der Waals surface area contributed by atoms with Gasteiger partial charge in [-0.05, 0) is 20.0 Å². The van der Waals surface area contributed by atoms with E-state index in [1.54, 1.807) is 6.92 Å². The smallest absolute Gasteiger partial charge is 0.0402 e. The monoisotopic (exact) mass is 130 g/mol. The molecule has 0 spiro atoms. The lowest BCUT2D eigenvalue weighted by atomic mass is 10.7. The number of aliphatic hydroxyl groups is 1.